The Kier molecular flexibility index (Phi) is 3.90. The van der Waals surface area contributed by atoms with Crippen molar-refractivity contribution in [3.63, 3.8) is 0 Å². The van der Waals surface area contributed by atoms with Crippen LogP contribution in [0.25, 0.3) is 0 Å². The van der Waals surface area contributed by atoms with Gasteiger partial charge < -0.3 is 14.4 Å². The number of rotatable bonds is 2. The van der Waals surface area contributed by atoms with Crippen molar-refractivity contribution >= 4 is 11.9 Å². The van der Waals surface area contributed by atoms with Crippen LogP contribution in [0.5, 0.6) is 0 Å². The van der Waals surface area contributed by atoms with E-state index in [1.807, 2.05) is 11.8 Å². The number of carbonyl (C=O) groups is 2. The number of esters is 1. The van der Waals surface area contributed by atoms with E-state index in [0.29, 0.717) is 32.5 Å². The van der Waals surface area contributed by atoms with E-state index in [1.54, 1.807) is 0 Å². The average molecular weight is 255 g/mol. The van der Waals surface area contributed by atoms with Gasteiger partial charge in [-0.3, -0.25) is 9.59 Å². The molecule has 0 spiro atoms. The Morgan fingerprint density at radius 2 is 2.00 bits per heavy atom. The van der Waals surface area contributed by atoms with Gasteiger partial charge in [-0.25, -0.2) is 0 Å². The number of piperidine rings is 1. The molecular weight excluding hydrogens is 234 g/mol. The van der Waals surface area contributed by atoms with E-state index >= 15 is 0 Å². The lowest BCUT2D eigenvalue weighted by Gasteiger charge is -2.35. The van der Waals surface area contributed by atoms with Crippen LogP contribution in [-0.4, -0.2) is 49.2 Å². The topological polar surface area (TPSA) is 55.8 Å². The first-order chi connectivity index (χ1) is 8.57. The normalized spacial score (nSPS) is 29.3. The molecule has 0 aromatic heterocycles. The summed E-state index contributed by atoms with van der Waals surface area (Å²) in [4.78, 5) is 25.6. The molecular formula is C13H21NO4. The third-order valence-corrected chi connectivity index (χ3v) is 3.99. The fraction of sp³-hybridized carbons (Fsp3) is 0.846. The molecule has 0 N–H and O–H groups in total. The average Bonchev–Trinajstić information content (AvgIpc) is 2.85. The van der Waals surface area contributed by atoms with Gasteiger partial charge in [-0.15, -0.1) is 0 Å². The number of hydrogen-bond acceptors (Lipinski definition) is 4. The van der Waals surface area contributed by atoms with Crippen LogP contribution in [0.3, 0.4) is 0 Å². The summed E-state index contributed by atoms with van der Waals surface area (Å²) in [5.41, 5.74) is -0.641. The molecule has 0 aromatic carbocycles. The van der Waals surface area contributed by atoms with Crippen LogP contribution >= 0.6 is 0 Å². The van der Waals surface area contributed by atoms with E-state index in [9.17, 15) is 9.59 Å². The quantitative estimate of drug-likeness (QED) is 0.690. The highest BCUT2D eigenvalue weighted by Gasteiger charge is 2.41. The van der Waals surface area contributed by atoms with Crippen molar-refractivity contribution in [3.8, 4) is 0 Å². The molecule has 0 saturated carbocycles. The first kappa shape index (κ1) is 13.3. The maximum atomic E-state index is 12.4. The molecule has 0 aliphatic carbocycles. The third-order valence-electron chi connectivity index (χ3n) is 3.99. The van der Waals surface area contributed by atoms with Gasteiger partial charge in [0.2, 0.25) is 0 Å². The van der Waals surface area contributed by atoms with Gasteiger partial charge in [0.25, 0.3) is 5.91 Å². The standard InChI is InChI=1S/C13H21NO4/c1-13(6-3-9-18-13)12(16)14-7-4-10(5-8-14)11(15)17-2/h10H,3-9H2,1-2H3. The molecule has 0 bridgehead atoms. The minimum absolute atomic E-state index is 0.0589. The predicted octanol–water partition coefficient (Wildman–Crippen LogP) is 0.967. The lowest BCUT2D eigenvalue weighted by molar-refractivity contribution is -0.156. The van der Waals surface area contributed by atoms with Gasteiger partial charge in [0.15, 0.2) is 0 Å². The molecule has 1 atom stereocenters. The van der Waals surface area contributed by atoms with E-state index in [1.165, 1.54) is 7.11 Å². The van der Waals surface area contributed by atoms with E-state index in [0.717, 1.165) is 12.8 Å². The van der Waals surface area contributed by atoms with Crippen LogP contribution in [0.4, 0.5) is 0 Å². The monoisotopic (exact) mass is 255 g/mol. The summed E-state index contributed by atoms with van der Waals surface area (Å²) < 4.78 is 10.3. The first-order valence-electron chi connectivity index (χ1n) is 6.58. The number of ether oxygens (including phenoxy) is 2. The zero-order chi connectivity index (χ0) is 13.2. The fourth-order valence-electron chi connectivity index (χ4n) is 2.77. The molecule has 2 aliphatic rings. The minimum Gasteiger partial charge on any atom is -0.469 e. The van der Waals surface area contributed by atoms with Gasteiger partial charge in [-0.05, 0) is 32.6 Å². The Hall–Kier alpha value is -1.10. The summed E-state index contributed by atoms with van der Waals surface area (Å²) in [6.07, 6.45) is 3.12. The van der Waals surface area contributed by atoms with E-state index in [4.69, 9.17) is 9.47 Å². The molecule has 1 amide bonds. The van der Waals surface area contributed by atoms with Crippen molar-refractivity contribution in [2.24, 2.45) is 5.92 Å². The smallest absolute Gasteiger partial charge is 0.308 e. The van der Waals surface area contributed by atoms with Crippen LogP contribution in [-0.2, 0) is 19.1 Å². The highest BCUT2D eigenvalue weighted by Crippen LogP contribution is 2.29. The second-order valence-corrected chi connectivity index (χ2v) is 5.27. The highest BCUT2D eigenvalue weighted by atomic mass is 16.5. The summed E-state index contributed by atoms with van der Waals surface area (Å²) >= 11 is 0. The van der Waals surface area contributed by atoms with Crippen molar-refractivity contribution in [2.45, 2.75) is 38.2 Å². The second kappa shape index (κ2) is 5.26. The number of amides is 1. The van der Waals surface area contributed by atoms with Gasteiger partial charge in [-0.2, -0.15) is 0 Å². The fourth-order valence-corrected chi connectivity index (χ4v) is 2.77. The van der Waals surface area contributed by atoms with Gasteiger partial charge in [0.1, 0.15) is 5.60 Å². The molecule has 5 heteroatoms. The molecule has 2 aliphatic heterocycles. The minimum atomic E-state index is -0.641. The molecule has 2 fully saturated rings. The van der Waals surface area contributed by atoms with E-state index in [2.05, 4.69) is 0 Å². The van der Waals surface area contributed by atoms with Gasteiger partial charge in [-0.1, -0.05) is 0 Å². The number of nitrogens with zero attached hydrogens (tertiary/aromatic N) is 1. The molecule has 2 rings (SSSR count). The predicted molar refractivity (Wildman–Crippen MR) is 64.9 cm³/mol. The van der Waals surface area contributed by atoms with Crippen LogP contribution < -0.4 is 0 Å². The number of likely N-dealkylation sites (tertiary alicyclic amines) is 1. The largest absolute Gasteiger partial charge is 0.469 e. The Morgan fingerprint density at radius 1 is 1.33 bits per heavy atom. The van der Waals surface area contributed by atoms with Crippen LogP contribution in [0.1, 0.15) is 32.6 Å². The number of hydrogen-bond donors (Lipinski definition) is 0. The van der Waals surface area contributed by atoms with Crippen molar-refractivity contribution in [3.05, 3.63) is 0 Å². The van der Waals surface area contributed by atoms with Crippen molar-refractivity contribution < 1.29 is 19.1 Å². The van der Waals surface area contributed by atoms with E-state index < -0.39 is 5.60 Å². The molecule has 0 radical (unpaired) electrons. The molecule has 18 heavy (non-hydrogen) atoms. The SMILES string of the molecule is COC(=O)C1CCN(C(=O)C2(C)CCCO2)CC1. The highest BCUT2D eigenvalue weighted by molar-refractivity contribution is 5.85. The van der Waals surface area contributed by atoms with Gasteiger partial charge in [0, 0.05) is 19.7 Å². The van der Waals surface area contributed by atoms with Crippen LogP contribution in [0.2, 0.25) is 0 Å². The van der Waals surface area contributed by atoms with Gasteiger partial charge in [0.05, 0.1) is 13.0 Å². The summed E-state index contributed by atoms with van der Waals surface area (Å²) in [5, 5.41) is 0. The lowest BCUT2D eigenvalue weighted by atomic mass is 9.94. The molecule has 2 saturated heterocycles. The Morgan fingerprint density at radius 3 is 2.50 bits per heavy atom. The van der Waals surface area contributed by atoms with Gasteiger partial charge >= 0.3 is 5.97 Å². The maximum Gasteiger partial charge on any atom is 0.308 e. The van der Waals surface area contributed by atoms with Crippen molar-refractivity contribution in [2.75, 3.05) is 26.8 Å². The Balaban J connectivity index is 1.89. The zero-order valence-corrected chi connectivity index (χ0v) is 11.1. The summed E-state index contributed by atoms with van der Waals surface area (Å²) in [6.45, 7) is 3.78. The summed E-state index contributed by atoms with van der Waals surface area (Å²) in [5.74, 6) is -0.148. The second-order valence-electron chi connectivity index (χ2n) is 5.27. The number of methoxy groups -OCH3 is 1. The van der Waals surface area contributed by atoms with Crippen LogP contribution in [0.15, 0.2) is 0 Å². The molecule has 0 aromatic rings. The first-order valence-corrected chi connectivity index (χ1v) is 6.58. The van der Waals surface area contributed by atoms with E-state index in [-0.39, 0.29) is 17.8 Å². The summed E-state index contributed by atoms with van der Waals surface area (Å²) in [6, 6.07) is 0. The molecule has 2 heterocycles. The third kappa shape index (κ3) is 2.51. The maximum absolute atomic E-state index is 12.4. The zero-order valence-electron chi connectivity index (χ0n) is 11.1. The van der Waals surface area contributed by atoms with Crippen molar-refractivity contribution in [1.82, 2.24) is 4.90 Å². The van der Waals surface area contributed by atoms with Crippen LogP contribution in [0, 0.1) is 5.92 Å². The number of carbonyl (C=O) groups excluding carboxylic acids is 2. The Labute approximate surface area is 107 Å². The lowest BCUT2D eigenvalue weighted by Crippen LogP contribution is -2.50. The Bertz CT molecular complexity index is 328. The molecule has 5 nitrogen and oxygen atoms in total. The summed E-state index contributed by atoms with van der Waals surface area (Å²) in [7, 11) is 1.41. The molecule has 1 unspecified atom stereocenters. The molecule has 102 valence electrons. The van der Waals surface area contributed by atoms with Crippen molar-refractivity contribution in [1.29, 1.82) is 0 Å².